The van der Waals surface area contributed by atoms with E-state index in [9.17, 15) is 13.2 Å². The molecule has 32 heavy (non-hydrogen) atoms. The van der Waals surface area contributed by atoms with E-state index in [1.165, 1.54) is 17.5 Å². The number of rotatable bonds is 10. The number of nitrogens with one attached hydrogen (secondary N) is 1. The number of nitrogens with zero attached hydrogens (tertiary/aromatic N) is 5. The first-order valence-corrected chi connectivity index (χ1v) is 12.2. The summed E-state index contributed by atoms with van der Waals surface area (Å²) in [6.07, 6.45) is 3.01. The molecule has 1 N–H and O–H groups in total. The molecule has 3 rings (SSSR count). The van der Waals surface area contributed by atoms with Gasteiger partial charge in [-0.15, -0.1) is 0 Å². The first-order chi connectivity index (χ1) is 15.2. The van der Waals surface area contributed by atoms with Gasteiger partial charge < -0.3 is 14.8 Å². The Morgan fingerprint density at radius 2 is 1.91 bits per heavy atom. The molecule has 1 aliphatic rings. The minimum atomic E-state index is -3.65. The zero-order valence-electron chi connectivity index (χ0n) is 19.2. The van der Waals surface area contributed by atoms with Gasteiger partial charge in [0, 0.05) is 59.0 Å². The van der Waals surface area contributed by atoms with Gasteiger partial charge in [0.05, 0.1) is 6.54 Å². The summed E-state index contributed by atoms with van der Waals surface area (Å²) in [7, 11) is 1.40. The largest absolute Gasteiger partial charge is 0.368 e. The van der Waals surface area contributed by atoms with Crippen LogP contribution in [0.15, 0.2) is 40.5 Å². The SMILES string of the molecule is Cc1nc(S(=O)(=O)N(C)CCCC(=O)N(C)CCc2ccc(C3=NCCN3)cc2)cn1C. The van der Waals surface area contributed by atoms with Gasteiger partial charge in [-0.25, -0.2) is 13.4 Å². The number of aromatic nitrogens is 2. The van der Waals surface area contributed by atoms with E-state index in [0.29, 0.717) is 25.2 Å². The normalized spacial score (nSPS) is 13.8. The highest BCUT2D eigenvalue weighted by Crippen LogP contribution is 2.14. The number of likely N-dealkylation sites (N-methyl/N-ethyl adjacent to an activating group) is 1. The van der Waals surface area contributed by atoms with Crippen molar-refractivity contribution in [2.75, 3.05) is 40.3 Å². The molecule has 0 spiro atoms. The predicted molar refractivity (Wildman–Crippen MR) is 124 cm³/mol. The summed E-state index contributed by atoms with van der Waals surface area (Å²) in [4.78, 5) is 22.7. The number of amidine groups is 1. The average Bonchev–Trinajstić information content (AvgIpc) is 3.42. The van der Waals surface area contributed by atoms with Crippen LogP contribution in [-0.2, 0) is 28.3 Å². The molecule has 10 heteroatoms. The number of benzene rings is 1. The van der Waals surface area contributed by atoms with Crippen molar-refractivity contribution in [1.82, 2.24) is 24.1 Å². The molecule has 1 aromatic carbocycles. The lowest BCUT2D eigenvalue weighted by molar-refractivity contribution is -0.130. The standard InChI is InChI=1S/C22H32N6O3S/c1-17-25-20(16-27(17)3)32(30,31)28(4)14-5-6-21(29)26(2)15-11-18-7-9-19(10-8-18)22-23-12-13-24-22/h7-10,16H,5-6,11-15H2,1-4H3,(H,23,24). The number of carbonyl (C=O) groups is 1. The molecule has 174 valence electrons. The van der Waals surface area contributed by atoms with Crippen molar-refractivity contribution in [3.8, 4) is 0 Å². The number of carbonyl (C=O) groups excluding carboxylic acids is 1. The Labute approximate surface area is 190 Å². The van der Waals surface area contributed by atoms with Crippen molar-refractivity contribution in [1.29, 1.82) is 0 Å². The minimum Gasteiger partial charge on any atom is -0.368 e. The zero-order valence-corrected chi connectivity index (χ0v) is 20.0. The molecule has 0 radical (unpaired) electrons. The van der Waals surface area contributed by atoms with Gasteiger partial charge in [0.15, 0.2) is 5.03 Å². The molecule has 2 aromatic rings. The number of aliphatic imine (C=N–C) groups is 1. The lowest BCUT2D eigenvalue weighted by atomic mass is 10.1. The lowest BCUT2D eigenvalue weighted by Gasteiger charge is -2.19. The monoisotopic (exact) mass is 460 g/mol. The number of hydrogen-bond donors (Lipinski definition) is 1. The lowest BCUT2D eigenvalue weighted by Crippen LogP contribution is -2.31. The molecule has 0 unspecified atom stereocenters. The highest BCUT2D eigenvalue weighted by molar-refractivity contribution is 7.89. The van der Waals surface area contributed by atoms with Gasteiger partial charge in [0.25, 0.3) is 10.0 Å². The van der Waals surface area contributed by atoms with Crippen LogP contribution in [0.2, 0.25) is 0 Å². The molecule has 0 saturated heterocycles. The Kier molecular flexibility index (Phi) is 7.68. The molecular weight excluding hydrogens is 428 g/mol. The number of hydrogen-bond acceptors (Lipinski definition) is 6. The molecule has 0 atom stereocenters. The Bertz CT molecular complexity index is 1060. The Hall–Kier alpha value is -2.72. The van der Waals surface area contributed by atoms with E-state index in [0.717, 1.165) is 36.5 Å². The van der Waals surface area contributed by atoms with Gasteiger partial charge in [0.2, 0.25) is 5.91 Å². The Morgan fingerprint density at radius 3 is 2.50 bits per heavy atom. The third kappa shape index (κ3) is 5.74. The highest BCUT2D eigenvalue weighted by atomic mass is 32.2. The van der Waals surface area contributed by atoms with Crippen LogP contribution in [0.5, 0.6) is 0 Å². The second-order valence-corrected chi connectivity index (χ2v) is 10.1. The van der Waals surface area contributed by atoms with Crippen molar-refractivity contribution in [3.05, 3.63) is 47.4 Å². The third-order valence-corrected chi connectivity index (χ3v) is 7.42. The van der Waals surface area contributed by atoms with Crippen LogP contribution in [0.3, 0.4) is 0 Å². The molecule has 0 aliphatic carbocycles. The first-order valence-electron chi connectivity index (χ1n) is 10.8. The Morgan fingerprint density at radius 1 is 1.19 bits per heavy atom. The maximum absolute atomic E-state index is 12.6. The van der Waals surface area contributed by atoms with Gasteiger partial charge in [-0.1, -0.05) is 24.3 Å². The van der Waals surface area contributed by atoms with E-state index < -0.39 is 10.0 Å². The fourth-order valence-corrected chi connectivity index (χ4v) is 4.64. The molecule has 2 heterocycles. The smallest absolute Gasteiger partial charge is 0.261 e. The van der Waals surface area contributed by atoms with E-state index >= 15 is 0 Å². The molecule has 9 nitrogen and oxygen atoms in total. The molecule has 0 fully saturated rings. The van der Waals surface area contributed by atoms with Crippen LogP contribution in [-0.4, -0.2) is 79.2 Å². The van der Waals surface area contributed by atoms with Gasteiger partial charge in [-0.2, -0.15) is 4.31 Å². The van der Waals surface area contributed by atoms with Crippen LogP contribution in [0.25, 0.3) is 0 Å². The Balaban J connectivity index is 1.42. The molecule has 1 aliphatic heterocycles. The fraction of sp³-hybridized carbons (Fsp3) is 0.500. The van der Waals surface area contributed by atoms with E-state index in [1.54, 1.807) is 30.5 Å². The molecule has 0 bridgehead atoms. The van der Waals surface area contributed by atoms with Crippen molar-refractivity contribution >= 4 is 21.8 Å². The minimum absolute atomic E-state index is 0.00519. The van der Waals surface area contributed by atoms with E-state index in [2.05, 4.69) is 27.4 Å². The van der Waals surface area contributed by atoms with E-state index in [1.807, 2.05) is 12.1 Å². The molecule has 1 aromatic heterocycles. The fourth-order valence-electron chi connectivity index (χ4n) is 3.42. The third-order valence-electron chi connectivity index (χ3n) is 5.69. The van der Waals surface area contributed by atoms with Gasteiger partial charge >= 0.3 is 0 Å². The number of aryl methyl sites for hydroxylation is 2. The summed E-state index contributed by atoms with van der Waals surface area (Å²) < 4.78 is 28.2. The average molecular weight is 461 g/mol. The second kappa shape index (κ2) is 10.3. The molecule has 1 amide bonds. The van der Waals surface area contributed by atoms with Crippen molar-refractivity contribution in [2.45, 2.75) is 31.2 Å². The van der Waals surface area contributed by atoms with Crippen LogP contribution < -0.4 is 5.32 Å². The predicted octanol–water partition coefficient (Wildman–Crippen LogP) is 1.18. The molecule has 0 saturated carbocycles. The van der Waals surface area contributed by atoms with Gasteiger partial charge in [-0.3, -0.25) is 9.79 Å². The maximum atomic E-state index is 12.6. The zero-order chi connectivity index (χ0) is 23.3. The first kappa shape index (κ1) is 23.9. The number of sulfonamides is 1. The topological polar surface area (TPSA) is 99.9 Å². The summed E-state index contributed by atoms with van der Waals surface area (Å²) in [5, 5.41) is 3.29. The van der Waals surface area contributed by atoms with Crippen LogP contribution in [0.1, 0.15) is 29.8 Å². The number of imidazole rings is 1. The van der Waals surface area contributed by atoms with E-state index in [-0.39, 0.29) is 17.5 Å². The van der Waals surface area contributed by atoms with Crippen molar-refractivity contribution in [3.63, 3.8) is 0 Å². The van der Waals surface area contributed by atoms with Crippen LogP contribution >= 0.6 is 0 Å². The number of amides is 1. The van der Waals surface area contributed by atoms with Gasteiger partial charge in [-0.05, 0) is 25.3 Å². The quantitative estimate of drug-likeness (QED) is 0.574. The van der Waals surface area contributed by atoms with E-state index in [4.69, 9.17) is 0 Å². The maximum Gasteiger partial charge on any atom is 0.261 e. The van der Waals surface area contributed by atoms with Crippen molar-refractivity contribution in [2.24, 2.45) is 12.0 Å². The second-order valence-electron chi connectivity index (χ2n) is 8.09. The van der Waals surface area contributed by atoms with Crippen LogP contribution in [0.4, 0.5) is 0 Å². The summed E-state index contributed by atoms with van der Waals surface area (Å²) in [6.45, 7) is 4.32. The summed E-state index contributed by atoms with van der Waals surface area (Å²) in [5.74, 6) is 1.58. The summed E-state index contributed by atoms with van der Waals surface area (Å²) in [5.41, 5.74) is 2.24. The molecular formula is C22H32N6O3S. The van der Waals surface area contributed by atoms with Crippen LogP contribution in [0, 0.1) is 6.92 Å². The summed E-state index contributed by atoms with van der Waals surface area (Å²) >= 11 is 0. The highest BCUT2D eigenvalue weighted by Gasteiger charge is 2.24. The van der Waals surface area contributed by atoms with Crippen molar-refractivity contribution < 1.29 is 13.2 Å². The van der Waals surface area contributed by atoms with Gasteiger partial charge in [0.1, 0.15) is 11.7 Å². The summed E-state index contributed by atoms with van der Waals surface area (Å²) in [6, 6.07) is 8.23.